The summed E-state index contributed by atoms with van der Waals surface area (Å²) in [5.41, 5.74) is -1.07. The molecule has 0 aromatic heterocycles. The Kier molecular flexibility index (Phi) is 5.45. The van der Waals surface area contributed by atoms with E-state index in [1.165, 1.54) is 13.1 Å². The SMILES string of the molecule is CNc1c(F)ccc(NC(=O)c2cc(NC(=O)[C@H]3CC3(Cl)Cl)ccc2F)c1F. The number of carbonyl (C=O) groups excluding carboxylic acids is 2. The highest BCUT2D eigenvalue weighted by atomic mass is 35.5. The molecule has 1 aliphatic rings. The van der Waals surface area contributed by atoms with Crippen LogP contribution in [0.5, 0.6) is 0 Å². The number of nitrogens with one attached hydrogen (secondary N) is 3. The topological polar surface area (TPSA) is 70.2 Å². The molecule has 1 fully saturated rings. The molecule has 2 aromatic carbocycles. The van der Waals surface area contributed by atoms with Gasteiger partial charge in [-0.25, -0.2) is 13.2 Å². The number of halogens is 5. The van der Waals surface area contributed by atoms with Gasteiger partial charge in [-0.05, 0) is 36.8 Å². The van der Waals surface area contributed by atoms with E-state index in [0.29, 0.717) is 0 Å². The van der Waals surface area contributed by atoms with Crippen molar-refractivity contribution in [2.45, 2.75) is 10.8 Å². The highest BCUT2D eigenvalue weighted by Crippen LogP contribution is 2.53. The van der Waals surface area contributed by atoms with Crippen LogP contribution in [0.15, 0.2) is 30.3 Å². The fourth-order valence-electron chi connectivity index (χ4n) is 2.57. The highest BCUT2D eigenvalue weighted by Gasteiger charge is 2.56. The first-order chi connectivity index (χ1) is 13.1. The number of amides is 2. The van der Waals surface area contributed by atoms with E-state index in [0.717, 1.165) is 24.3 Å². The lowest BCUT2D eigenvalue weighted by molar-refractivity contribution is -0.117. The lowest BCUT2D eigenvalue weighted by Crippen LogP contribution is -2.19. The van der Waals surface area contributed by atoms with Gasteiger partial charge >= 0.3 is 0 Å². The average Bonchev–Trinajstić information content (AvgIpc) is 3.28. The van der Waals surface area contributed by atoms with Gasteiger partial charge in [0.1, 0.15) is 21.7 Å². The van der Waals surface area contributed by atoms with Crippen LogP contribution in [-0.2, 0) is 4.79 Å². The molecule has 28 heavy (non-hydrogen) atoms. The van der Waals surface area contributed by atoms with Gasteiger partial charge in [-0.15, -0.1) is 23.2 Å². The predicted octanol–water partition coefficient (Wildman–Crippen LogP) is 4.53. The summed E-state index contributed by atoms with van der Waals surface area (Å²) in [6.07, 6.45) is 0.286. The number of hydrogen-bond acceptors (Lipinski definition) is 3. The Morgan fingerprint density at radius 2 is 1.71 bits per heavy atom. The smallest absolute Gasteiger partial charge is 0.258 e. The first-order valence-corrected chi connectivity index (χ1v) is 8.85. The standard InChI is InChI=1S/C18H14Cl2F3N3O2/c1-24-15-12(22)4-5-13(14(15)23)26-16(27)9-6-8(2-3-11(9)21)25-17(28)10-7-18(10,19)20/h2-6,10,24H,7H2,1H3,(H,25,28)(H,26,27)/t10-/m1/s1. The molecule has 2 aromatic rings. The molecule has 10 heteroatoms. The number of rotatable bonds is 5. The van der Waals surface area contributed by atoms with Gasteiger partial charge in [0.2, 0.25) is 5.91 Å². The van der Waals surface area contributed by atoms with Crippen molar-refractivity contribution < 1.29 is 22.8 Å². The van der Waals surface area contributed by atoms with Gasteiger partial charge in [0.05, 0.1) is 17.2 Å². The van der Waals surface area contributed by atoms with E-state index in [4.69, 9.17) is 23.2 Å². The summed E-state index contributed by atoms with van der Waals surface area (Å²) in [5, 5.41) is 7.01. The molecule has 0 radical (unpaired) electrons. The highest BCUT2D eigenvalue weighted by molar-refractivity contribution is 6.52. The van der Waals surface area contributed by atoms with Crippen molar-refractivity contribution in [3.63, 3.8) is 0 Å². The summed E-state index contributed by atoms with van der Waals surface area (Å²) in [6.45, 7) is 0. The molecule has 2 amide bonds. The van der Waals surface area contributed by atoms with Crippen LogP contribution >= 0.6 is 23.2 Å². The van der Waals surface area contributed by atoms with Gasteiger partial charge in [-0.3, -0.25) is 9.59 Å². The van der Waals surface area contributed by atoms with Crippen LogP contribution in [0.25, 0.3) is 0 Å². The fraction of sp³-hybridized carbons (Fsp3) is 0.222. The molecule has 3 N–H and O–H groups in total. The van der Waals surface area contributed by atoms with Gasteiger partial charge in [0.25, 0.3) is 5.91 Å². The second kappa shape index (κ2) is 7.52. The molecule has 0 heterocycles. The van der Waals surface area contributed by atoms with Crippen LogP contribution < -0.4 is 16.0 Å². The quantitative estimate of drug-likeness (QED) is 0.609. The summed E-state index contributed by atoms with van der Waals surface area (Å²) in [7, 11) is 1.31. The van der Waals surface area contributed by atoms with Crippen LogP contribution in [-0.4, -0.2) is 23.2 Å². The van der Waals surface area contributed by atoms with Gasteiger partial charge in [0, 0.05) is 12.7 Å². The Hall–Kier alpha value is -2.45. The minimum absolute atomic E-state index is 0.142. The number of hydrogen-bond donors (Lipinski definition) is 3. The number of carbonyl (C=O) groups is 2. The molecule has 0 spiro atoms. The molecular formula is C18H14Cl2F3N3O2. The monoisotopic (exact) mass is 431 g/mol. The molecule has 1 atom stereocenters. The van der Waals surface area contributed by atoms with Crippen molar-refractivity contribution in [1.29, 1.82) is 0 Å². The first-order valence-electron chi connectivity index (χ1n) is 8.09. The predicted molar refractivity (Wildman–Crippen MR) is 101 cm³/mol. The van der Waals surface area contributed by atoms with Crippen LogP contribution in [0, 0.1) is 23.4 Å². The first kappa shape index (κ1) is 20.3. The zero-order chi connectivity index (χ0) is 20.6. The molecule has 0 bridgehead atoms. The molecule has 3 rings (SSSR count). The number of alkyl halides is 2. The van der Waals surface area contributed by atoms with Crippen molar-refractivity contribution in [3.05, 3.63) is 53.3 Å². The molecule has 0 aliphatic heterocycles. The summed E-state index contributed by atoms with van der Waals surface area (Å²) >= 11 is 11.7. The van der Waals surface area contributed by atoms with Crippen molar-refractivity contribution in [1.82, 2.24) is 0 Å². The molecule has 1 aliphatic carbocycles. The minimum Gasteiger partial charge on any atom is -0.383 e. The van der Waals surface area contributed by atoms with E-state index >= 15 is 0 Å². The van der Waals surface area contributed by atoms with Crippen molar-refractivity contribution in [2.75, 3.05) is 23.0 Å². The van der Waals surface area contributed by atoms with Crippen LogP contribution in [0.3, 0.4) is 0 Å². The molecule has 0 unspecified atom stereocenters. The molecule has 1 saturated carbocycles. The van der Waals surface area contributed by atoms with E-state index in [9.17, 15) is 22.8 Å². The zero-order valence-electron chi connectivity index (χ0n) is 14.4. The number of benzene rings is 2. The Bertz CT molecular complexity index is 969. The molecule has 0 saturated heterocycles. The van der Waals surface area contributed by atoms with E-state index in [2.05, 4.69) is 16.0 Å². The molecule has 5 nitrogen and oxygen atoms in total. The average molecular weight is 432 g/mol. The van der Waals surface area contributed by atoms with E-state index in [1.54, 1.807) is 0 Å². The van der Waals surface area contributed by atoms with Crippen molar-refractivity contribution in [2.24, 2.45) is 5.92 Å². The maximum absolute atomic E-state index is 14.2. The van der Waals surface area contributed by atoms with Crippen molar-refractivity contribution >= 4 is 52.1 Å². The van der Waals surface area contributed by atoms with Gasteiger partial charge in [0.15, 0.2) is 5.82 Å². The molecular weight excluding hydrogens is 418 g/mol. The van der Waals surface area contributed by atoms with Gasteiger partial charge in [-0.2, -0.15) is 0 Å². The Labute approximate surface area is 168 Å². The normalized spacial score (nSPS) is 17.0. The second-order valence-electron chi connectivity index (χ2n) is 6.19. The Balaban J connectivity index is 1.80. The summed E-state index contributed by atoms with van der Waals surface area (Å²) in [5.74, 6) is -4.81. The Morgan fingerprint density at radius 1 is 1.07 bits per heavy atom. The summed E-state index contributed by atoms with van der Waals surface area (Å²) < 4.78 is 40.7. The van der Waals surface area contributed by atoms with E-state index in [1.807, 2.05) is 0 Å². The second-order valence-corrected chi connectivity index (χ2v) is 7.73. The fourth-order valence-corrected chi connectivity index (χ4v) is 3.08. The minimum atomic E-state index is -1.13. The van der Waals surface area contributed by atoms with Crippen LogP contribution in [0.1, 0.15) is 16.8 Å². The lowest BCUT2D eigenvalue weighted by Gasteiger charge is -2.12. The largest absolute Gasteiger partial charge is 0.383 e. The van der Waals surface area contributed by atoms with Gasteiger partial charge < -0.3 is 16.0 Å². The van der Waals surface area contributed by atoms with E-state index in [-0.39, 0.29) is 17.8 Å². The third-order valence-corrected chi connectivity index (χ3v) is 5.05. The number of anilines is 3. The maximum atomic E-state index is 14.2. The Morgan fingerprint density at radius 3 is 2.32 bits per heavy atom. The molecule has 148 valence electrons. The third-order valence-electron chi connectivity index (χ3n) is 4.21. The maximum Gasteiger partial charge on any atom is 0.258 e. The zero-order valence-corrected chi connectivity index (χ0v) is 15.9. The van der Waals surface area contributed by atoms with Crippen LogP contribution in [0.2, 0.25) is 0 Å². The third kappa shape index (κ3) is 4.02. The lowest BCUT2D eigenvalue weighted by atomic mass is 10.1. The van der Waals surface area contributed by atoms with Gasteiger partial charge in [-0.1, -0.05) is 0 Å². The summed E-state index contributed by atoms with van der Waals surface area (Å²) in [6, 6.07) is 5.30. The van der Waals surface area contributed by atoms with Crippen LogP contribution in [0.4, 0.5) is 30.2 Å². The van der Waals surface area contributed by atoms with E-state index < -0.39 is 50.8 Å². The summed E-state index contributed by atoms with van der Waals surface area (Å²) in [4.78, 5) is 24.4. The van der Waals surface area contributed by atoms with Crippen molar-refractivity contribution in [3.8, 4) is 0 Å².